The highest BCUT2D eigenvalue weighted by atomic mass is 19.4. The molecule has 1 N–H and O–H groups in total. The van der Waals surface area contributed by atoms with E-state index < -0.39 is 12.6 Å². The van der Waals surface area contributed by atoms with E-state index in [1.54, 1.807) is 13.1 Å². The number of nitrogens with zero attached hydrogens (tertiary/aromatic N) is 2. The fraction of sp³-hybridized carbons (Fsp3) is 0.600. The molecule has 0 amide bonds. The molecule has 0 saturated heterocycles. The van der Waals surface area contributed by atoms with E-state index in [9.17, 15) is 13.2 Å². The topological polar surface area (TPSA) is 37.8 Å². The van der Waals surface area contributed by atoms with Gasteiger partial charge in [-0.15, -0.1) is 0 Å². The van der Waals surface area contributed by atoms with Gasteiger partial charge in [0, 0.05) is 18.8 Å². The van der Waals surface area contributed by atoms with Gasteiger partial charge in [0.15, 0.2) is 0 Å². The molecule has 0 saturated carbocycles. The highest BCUT2D eigenvalue weighted by molar-refractivity contribution is 5.35. The van der Waals surface area contributed by atoms with Crippen LogP contribution in [-0.4, -0.2) is 23.2 Å². The Morgan fingerprint density at radius 1 is 1.31 bits per heavy atom. The van der Waals surface area contributed by atoms with Crippen molar-refractivity contribution in [2.45, 2.75) is 32.4 Å². The number of alkyl halides is 3. The lowest BCUT2D eigenvalue weighted by Gasteiger charge is -2.09. The summed E-state index contributed by atoms with van der Waals surface area (Å²) >= 11 is 0. The maximum absolute atomic E-state index is 12.2. The van der Waals surface area contributed by atoms with Crippen LogP contribution in [0.4, 0.5) is 19.0 Å². The van der Waals surface area contributed by atoms with Gasteiger partial charge in [-0.25, -0.2) is 9.97 Å². The van der Waals surface area contributed by atoms with Crippen LogP contribution >= 0.6 is 0 Å². The van der Waals surface area contributed by atoms with E-state index in [-0.39, 0.29) is 5.82 Å². The van der Waals surface area contributed by atoms with E-state index in [1.165, 1.54) is 0 Å². The van der Waals surface area contributed by atoms with Crippen molar-refractivity contribution in [3.05, 3.63) is 17.6 Å². The second-order valence-corrected chi connectivity index (χ2v) is 3.45. The van der Waals surface area contributed by atoms with Crippen LogP contribution in [0.1, 0.15) is 24.9 Å². The minimum absolute atomic E-state index is 0.178. The summed E-state index contributed by atoms with van der Waals surface area (Å²) in [5.74, 6) is 0.250. The summed E-state index contributed by atoms with van der Waals surface area (Å²) in [6, 6.07) is 1.67. The number of nitrogens with one attached hydrogen (secondary N) is 1. The average Bonchev–Trinajstić information content (AvgIpc) is 2.15. The van der Waals surface area contributed by atoms with Crippen LogP contribution in [0.2, 0.25) is 0 Å². The van der Waals surface area contributed by atoms with Crippen molar-refractivity contribution in [1.82, 2.24) is 9.97 Å². The number of anilines is 1. The molecule has 6 heteroatoms. The number of halogens is 3. The minimum Gasteiger partial charge on any atom is -0.373 e. The van der Waals surface area contributed by atoms with Gasteiger partial charge in [0.1, 0.15) is 18.1 Å². The fourth-order valence-corrected chi connectivity index (χ4v) is 1.32. The summed E-state index contributed by atoms with van der Waals surface area (Å²) in [5, 5.41) is 2.73. The van der Waals surface area contributed by atoms with Gasteiger partial charge in [-0.3, -0.25) is 0 Å². The first-order valence-electron chi connectivity index (χ1n) is 5.06. The summed E-state index contributed by atoms with van der Waals surface area (Å²) in [5.41, 5.74) is 0.640. The largest absolute Gasteiger partial charge is 0.396 e. The SMILES string of the molecule is CCCc1cc(NC)nc(CC(F)(F)F)n1. The highest BCUT2D eigenvalue weighted by Gasteiger charge is 2.29. The average molecular weight is 233 g/mol. The van der Waals surface area contributed by atoms with Gasteiger partial charge < -0.3 is 5.32 Å². The van der Waals surface area contributed by atoms with Gasteiger partial charge in [-0.1, -0.05) is 13.3 Å². The Hall–Kier alpha value is -1.33. The molecule has 0 spiro atoms. The minimum atomic E-state index is -4.27. The molecule has 0 radical (unpaired) electrons. The van der Waals surface area contributed by atoms with E-state index in [2.05, 4.69) is 15.3 Å². The molecule has 90 valence electrons. The zero-order chi connectivity index (χ0) is 12.2. The number of aromatic nitrogens is 2. The van der Waals surface area contributed by atoms with Crippen molar-refractivity contribution in [3.8, 4) is 0 Å². The molecule has 0 fully saturated rings. The van der Waals surface area contributed by atoms with E-state index in [1.807, 2.05) is 6.92 Å². The molecular formula is C10H14F3N3. The monoisotopic (exact) mass is 233 g/mol. The molecule has 1 aromatic rings. The Morgan fingerprint density at radius 3 is 2.50 bits per heavy atom. The third-order valence-electron chi connectivity index (χ3n) is 1.95. The molecule has 0 aliphatic heterocycles. The Morgan fingerprint density at radius 2 is 2.00 bits per heavy atom. The molecule has 0 aliphatic rings. The third-order valence-corrected chi connectivity index (χ3v) is 1.95. The lowest BCUT2D eigenvalue weighted by atomic mass is 10.2. The zero-order valence-corrected chi connectivity index (χ0v) is 9.23. The van der Waals surface area contributed by atoms with E-state index >= 15 is 0 Å². The zero-order valence-electron chi connectivity index (χ0n) is 9.23. The van der Waals surface area contributed by atoms with Gasteiger partial charge in [0.2, 0.25) is 0 Å². The van der Waals surface area contributed by atoms with E-state index in [4.69, 9.17) is 0 Å². The van der Waals surface area contributed by atoms with Crippen LogP contribution in [0.3, 0.4) is 0 Å². The quantitative estimate of drug-likeness (QED) is 0.868. The highest BCUT2D eigenvalue weighted by Crippen LogP contribution is 2.20. The number of rotatable bonds is 4. The van der Waals surface area contributed by atoms with Crippen LogP contribution < -0.4 is 5.32 Å². The number of hydrogen-bond acceptors (Lipinski definition) is 3. The molecule has 0 unspecified atom stereocenters. The van der Waals surface area contributed by atoms with Gasteiger partial charge in [-0.2, -0.15) is 13.2 Å². The molecule has 1 rings (SSSR count). The van der Waals surface area contributed by atoms with Crippen molar-refractivity contribution in [3.63, 3.8) is 0 Å². The third kappa shape index (κ3) is 4.04. The molecule has 0 bridgehead atoms. The summed E-state index contributed by atoms with van der Waals surface area (Å²) < 4.78 is 36.6. The Labute approximate surface area is 92.1 Å². The molecule has 0 aromatic carbocycles. The summed E-state index contributed by atoms with van der Waals surface area (Å²) in [6.07, 6.45) is -3.86. The first-order chi connectivity index (χ1) is 7.44. The number of aryl methyl sites for hydroxylation is 1. The van der Waals surface area contributed by atoms with Crippen molar-refractivity contribution in [1.29, 1.82) is 0 Å². The van der Waals surface area contributed by atoms with Crippen molar-refractivity contribution in [2.24, 2.45) is 0 Å². The summed E-state index contributed by atoms with van der Waals surface area (Å²) in [4.78, 5) is 7.66. The lowest BCUT2D eigenvalue weighted by molar-refractivity contribution is -0.128. The first kappa shape index (κ1) is 12.7. The van der Waals surface area contributed by atoms with Crippen LogP contribution in [0.5, 0.6) is 0 Å². The smallest absolute Gasteiger partial charge is 0.373 e. The molecular weight excluding hydrogens is 219 g/mol. The molecule has 3 nitrogen and oxygen atoms in total. The van der Waals surface area contributed by atoms with Crippen LogP contribution in [0, 0.1) is 0 Å². The van der Waals surface area contributed by atoms with Crippen molar-refractivity contribution < 1.29 is 13.2 Å². The van der Waals surface area contributed by atoms with Crippen molar-refractivity contribution in [2.75, 3.05) is 12.4 Å². The van der Waals surface area contributed by atoms with Crippen LogP contribution in [0.15, 0.2) is 6.07 Å². The normalized spacial score (nSPS) is 11.6. The first-order valence-corrected chi connectivity index (χ1v) is 5.06. The molecule has 1 aromatic heterocycles. The molecule has 16 heavy (non-hydrogen) atoms. The molecule has 0 atom stereocenters. The number of hydrogen-bond donors (Lipinski definition) is 1. The summed E-state index contributed by atoms with van der Waals surface area (Å²) in [6.45, 7) is 1.95. The van der Waals surface area contributed by atoms with Gasteiger partial charge in [0.25, 0.3) is 0 Å². The van der Waals surface area contributed by atoms with Crippen LogP contribution in [-0.2, 0) is 12.8 Å². The lowest BCUT2D eigenvalue weighted by Crippen LogP contribution is -2.15. The van der Waals surface area contributed by atoms with E-state index in [0.717, 1.165) is 6.42 Å². The Kier molecular flexibility index (Phi) is 4.09. The second kappa shape index (κ2) is 5.14. The summed E-state index contributed by atoms with van der Waals surface area (Å²) in [7, 11) is 1.62. The van der Waals surface area contributed by atoms with Crippen molar-refractivity contribution >= 4 is 5.82 Å². The predicted molar refractivity (Wildman–Crippen MR) is 55.3 cm³/mol. The van der Waals surface area contributed by atoms with E-state index in [0.29, 0.717) is 17.9 Å². The van der Waals surface area contributed by atoms with Gasteiger partial charge in [-0.05, 0) is 6.42 Å². The molecule has 1 heterocycles. The maximum Gasteiger partial charge on any atom is 0.396 e. The standard InChI is InChI=1S/C10H14F3N3/c1-3-4-7-5-8(14-2)16-9(15-7)6-10(11,12)13/h5H,3-4,6H2,1-2H3,(H,14,15,16). The van der Waals surface area contributed by atoms with Crippen LogP contribution in [0.25, 0.3) is 0 Å². The Bertz CT molecular complexity index is 350. The van der Waals surface area contributed by atoms with Gasteiger partial charge in [0.05, 0.1) is 0 Å². The predicted octanol–water partition coefficient (Wildman–Crippen LogP) is 2.58. The van der Waals surface area contributed by atoms with Gasteiger partial charge >= 0.3 is 6.18 Å². The maximum atomic E-state index is 12.2. The fourth-order valence-electron chi connectivity index (χ4n) is 1.32. The molecule has 0 aliphatic carbocycles. The second-order valence-electron chi connectivity index (χ2n) is 3.45. The Balaban J connectivity index is 2.95.